The highest BCUT2D eigenvalue weighted by atomic mass is 15.7. The summed E-state index contributed by atoms with van der Waals surface area (Å²) >= 11 is 0. The second-order valence-corrected chi connectivity index (χ2v) is 8.19. The number of hydrogen-bond donors (Lipinski definition) is 3. The van der Waals surface area contributed by atoms with E-state index in [1.807, 2.05) is 41.1 Å². The van der Waals surface area contributed by atoms with Crippen LogP contribution in [0.1, 0.15) is 30.9 Å². The molecular formula is C26H27N6+. The largest absolute Gasteiger partial charge is 0.365 e. The second-order valence-electron chi connectivity index (χ2n) is 8.19. The molecule has 6 heteroatoms. The van der Waals surface area contributed by atoms with Crippen molar-refractivity contribution in [2.24, 2.45) is 0 Å². The SMILES string of the molecule is CC(C)c1ccccc1-c1nc(NCc2ccc(N3C=CN[NH2+]3)cc2)c2ccccc2n1. The monoisotopic (exact) mass is 423 g/mol. The number of nitrogens with two attached hydrogens (primary N) is 1. The minimum absolute atomic E-state index is 0.397. The highest BCUT2D eigenvalue weighted by molar-refractivity contribution is 5.90. The molecule has 160 valence electrons. The van der Waals surface area contributed by atoms with Gasteiger partial charge >= 0.3 is 0 Å². The third kappa shape index (κ3) is 4.00. The molecule has 0 aliphatic carbocycles. The van der Waals surface area contributed by atoms with Gasteiger partial charge in [-0.1, -0.05) is 62.4 Å². The van der Waals surface area contributed by atoms with Gasteiger partial charge in [0.15, 0.2) is 5.82 Å². The van der Waals surface area contributed by atoms with Crippen molar-refractivity contribution in [2.45, 2.75) is 26.3 Å². The first kappa shape index (κ1) is 20.0. The van der Waals surface area contributed by atoms with Crippen LogP contribution in [-0.4, -0.2) is 9.97 Å². The standard InChI is InChI=1S/C26H26N6/c1-18(2)21-7-3-4-8-22(21)26-29-24-10-6-5-9-23(24)25(30-26)27-17-19-11-13-20(14-12-19)32-16-15-28-31-32/h3-16,18,28,31H,17H2,1-2H3,(H,27,29,30)/p+1. The van der Waals surface area contributed by atoms with Crippen LogP contribution in [0.4, 0.5) is 11.5 Å². The van der Waals surface area contributed by atoms with Crippen molar-refractivity contribution in [1.29, 1.82) is 0 Å². The zero-order valence-electron chi connectivity index (χ0n) is 18.3. The van der Waals surface area contributed by atoms with Crippen LogP contribution in [0.15, 0.2) is 85.2 Å². The molecule has 3 aromatic carbocycles. The van der Waals surface area contributed by atoms with Crippen LogP contribution in [-0.2, 0) is 6.54 Å². The second kappa shape index (κ2) is 8.69. The Morgan fingerprint density at radius 3 is 2.50 bits per heavy atom. The van der Waals surface area contributed by atoms with Gasteiger partial charge in [-0.15, -0.1) is 5.53 Å². The fourth-order valence-electron chi connectivity index (χ4n) is 3.96. The molecule has 1 aliphatic rings. The number of quaternary nitrogens is 1. The lowest BCUT2D eigenvalue weighted by molar-refractivity contribution is -0.698. The molecule has 0 radical (unpaired) electrons. The van der Waals surface area contributed by atoms with E-state index in [1.54, 1.807) is 0 Å². The Bertz CT molecular complexity index is 1260. The summed E-state index contributed by atoms with van der Waals surface area (Å²) in [5.74, 6) is 2.01. The average Bonchev–Trinajstić information content (AvgIpc) is 3.38. The Hall–Kier alpha value is -3.90. The van der Waals surface area contributed by atoms with Crippen LogP contribution >= 0.6 is 0 Å². The van der Waals surface area contributed by atoms with Gasteiger partial charge in [-0.3, -0.25) is 0 Å². The number of aromatic nitrogens is 2. The number of rotatable bonds is 6. The van der Waals surface area contributed by atoms with E-state index in [0.717, 1.165) is 33.8 Å². The Morgan fingerprint density at radius 1 is 0.938 bits per heavy atom. The molecular weight excluding hydrogens is 396 g/mol. The Balaban J connectivity index is 1.45. The highest BCUT2D eigenvalue weighted by Gasteiger charge is 2.14. The summed E-state index contributed by atoms with van der Waals surface area (Å²) in [6, 6.07) is 25.1. The van der Waals surface area contributed by atoms with E-state index in [4.69, 9.17) is 9.97 Å². The van der Waals surface area contributed by atoms with Crippen LogP contribution in [0.2, 0.25) is 0 Å². The first-order valence-electron chi connectivity index (χ1n) is 10.9. The number of nitrogens with zero attached hydrogens (tertiary/aromatic N) is 3. The van der Waals surface area contributed by atoms with Gasteiger partial charge in [0.1, 0.15) is 5.82 Å². The maximum atomic E-state index is 4.96. The first-order valence-corrected chi connectivity index (χ1v) is 10.9. The van der Waals surface area contributed by atoms with E-state index in [-0.39, 0.29) is 0 Å². The average molecular weight is 424 g/mol. The van der Waals surface area contributed by atoms with Crippen LogP contribution in [0.5, 0.6) is 0 Å². The smallest absolute Gasteiger partial charge is 0.162 e. The lowest BCUT2D eigenvalue weighted by Crippen LogP contribution is -2.97. The Morgan fingerprint density at radius 2 is 1.72 bits per heavy atom. The molecule has 0 fully saturated rings. The van der Waals surface area contributed by atoms with Crippen molar-refractivity contribution in [3.8, 4) is 11.4 Å². The topological polar surface area (TPSA) is 69.7 Å². The molecule has 0 spiro atoms. The number of anilines is 2. The summed E-state index contributed by atoms with van der Waals surface area (Å²) < 4.78 is 0. The van der Waals surface area contributed by atoms with Gasteiger partial charge in [0.25, 0.3) is 0 Å². The van der Waals surface area contributed by atoms with E-state index >= 15 is 0 Å². The predicted octanol–water partition coefficient (Wildman–Crippen LogP) is 4.31. The quantitative estimate of drug-likeness (QED) is 0.403. The highest BCUT2D eigenvalue weighted by Crippen LogP contribution is 2.30. The zero-order valence-corrected chi connectivity index (χ0v) is 18.3. The van der Waals surface area contributed by atoms with E-state index in [2.05, 4.69) is 79.2 Å². The summed E-state index contributed by atoms with van der Waals surface area (Å²) in [7, 11) is 0. The number of fused-ring (bicyclic) bond motifs is 1. The van der Waals surface area contributed by atoms with Gasteiger partial charge in [0, 0.05) is 17.5 Å². The molecule has 0 unspecified atom stereocenters. The molecule has 0 saturated carbocycles. The summed E-state index contributed by atoms with van der Waals surface area (Å²) in [4.78, 5) is 9.84. The number of para-hydroxylation sites is 1. The van der Waals surface area contributed by atoms with Crippen molar-refractivity contribution in [2.75, 3.05) is 10.3 Å². The number of nitrogens with one attached hydrogen (secondary N) is 2. The van der Waals surface area contributed by atoms with Crippen LogP contribution in [0.3, 0.4) is 0 Å². The molecule has 0 amide bonds. The molecule has 4 N–H and O–H groups in total. The maximum Gasteiger partial charge on any atom is 0.162 e. The molecule has 4 aromatic rings. The third-order valence-electron chi connectivity index (χ3n) is 5.67. The molecule has 2 heterocycles. The zero-order chi connectivity index (χ0) is 21.9. The predicted molar refractivity (Wildman–Crippen MR) is 130 cm³/mol. The van der Waals surface area contributed by atoms with Gasteiger partial charge < -0.3 is 5.32 Å². The minimum Gasteiger partial charge on any atom is -0.365 e. The summed E-state index contributed by atoms with van der Waals surface area (Å²) in [5.41, 5.74) is 10.6. The number of hydrogen-bond acceptors (Lipinski definition) is 5. The summed E-state index contributed by atoms with van der Waals surface area (Å²) in [6.45, 7) is 5.09. The molecule has 0 saturated heterocycles. The van der Waals surface area contributed by atoms with Crippen molar-refractivity contribution in [3.05, 3.63) is 96.3 Å². The molecule has 32 heavy (non-hydrogen) atoms. The van der Waals surface area contributed by atoms with Crippen molar-refractivity contribution >= 4 is 22.4 Å². The van der Waals surface area contributed by atoms with E-state index in [1.165, 1.54) is 11.1 Å². The van der Waals surface area contributed by atoms with E-state index in [0.29, 0.717) is 12.5 Å². The minimum atomic E-state index is 0.397. The van der Waals surface area contributed by atoms with E-state index in [9.17, 15) is 0 Å². The molecule has 5 rings (SSSR count). The molecule has 6 nitrogen and oxygen atoms in total. The fourth-order valence-corrected chi connectivity index (χ4v) is 3.96. The first-order chi connectivity index (χ1) is 15.7. The van der Waals surface area contributed by atoms with Gasteiger partial charge in [0.05, 0.1) is 23.6 Å². The Labute approximate surface area is 188 Å². The fraction of sp³-hybridized carbons (Fsp3) is 0.154. The van der Waals surface area contributed by atoms with Gasteiger partial charge in [-0.25, -0.2) is 15.4 Å². The normalized spacial score (nSPS) is 13.0. The maximum absolute atomic E-state index is 4.96. The van der Waals surface area contributed by atoms with Crippen molar-refractivity contribution in [3.63, 3.8) is 0 Å². The molecule has 1 aromatic heterocycles. The van der Waals surface area contributed by atoms with E-state index < -0.39 is 0 Å². The van der Waals surface area contributed by atoms with Gasteiger partial charge in [0.2, 0.25) is 0 Å². The summed E-state index contributed by atoms with van der Waals surface area (Å²) in [6.07, 6.45) is 3.90. The Kier molecular flexibility index (Phi) is 5.44. The van der Waals surface area contributed by atoms with Crippen LogP contribution < -0.4 is 21.3 Å². The van der Waals surface area contributed by atoms with Gasteiger partial charge in [-0.2, -0.15) is 5.01 Å². The lowest BCUT2D eigenvalue weighted by Gasteiger charge is -2.15. The lowest BCUT2D eigenvalue weighted by atomic mass is 9.97. The van der Waals surface area contributed by atoms with Crippen LogP contribution in [0, 0.1) is 0 Å². The van der Waals surface area contributed by atoms with Crippen molar-refractivity contribution in [1.82, 2.24) is 15.4 Å². The molecule has 0 bridgehead atoms. The third-order valence-corrected chi connectivity index (χ3v) is 5.67. The molecule has 1 aliphatic heterocycles. The molecule has 0 atom stereocenters. The van der Waals surface area contributed by atoms with Crippen LogP contribution in [0.25, 0.3) is 22.3 Å². The number of benzene rings is 3. The van der Waals surface area contributed by atoms with Crippen molar-refractivity contribution < 1.29 is 5.53 Å². The van der Waals surface area contributed by atoms with Gasteiger partial charge in [-0.05, 0) is 41.3 Å². The summed E-state index contributed by atoms with van der Waals surface area (Å²) in [5, 5.41) is 6.63.